The van der Waals surface area contributed by atoms with Gasteiger partial charge in [-0.1, -0.05) is 13.0 Å². The number of likely N-dealkylation sites (tertiary alicyclic amines) is 1. The Morgan fingerprint density at radius 2 is 2.20 bits per heavy atom. The molecule has 6 nitrogen and oxygen atoms in total. The smallest absolute Gasteiger partial charge is 0.338 e. The normalized spacial score (nSPS) is 18.9. The number of piperidine rings is 1. The van der Waals surface area contributed by atoms with Gasteiger partial charge < -0.3 is 9.64 Å². The third-order valence-corrected chi connectivity index (χ3v) is 5.80. The number of rotatable bonds is 8. The summed E-state index contributed by atoms with van der Waals surface area (Å²) in [5.74, 6) is 0.204. The number of nitrogens with one attached hydrogen (secondary N) is 1. The van der Waals surface area contributed by atoms with Gasteiger partial charge in [0.15, 0.2) is 0 Å². The fraction of sp³-hybridized carbons (Fsp3) is 0.611. The quantitative estimate of drug-likeness (QED) is 0.563. The van der Waals surface area contributed by atoms with Gasteiger partial charge in [-0.15, -0.1) is 0 Å². The first-order valence-electron chi connectivity index (χ1n) is 8.91. The Morgan fingerprint density at radius 3 is 2.92 bits per heavy atom. The van der Waals surface area contributed by atoms with E-state index in [1.54, 1.807) is 19.1 Å². The number of hydrogen-bond donors (Lipinski definition) is 1. The first-order valence-corrected chi connectivity index (χ1v) is 10.4. The maximum absolute atomic E-state index is 12.4. The Kier molecular flexibility index (Phi) is 7.40. The molecular weight excluding hydrogens is 340 g/mol. The molecule has 1 unspecified atom stereocenters. The first kappa shape index (κ1) is 19.9. The molecule has 7 heteroatoms. The van der Waals surface area contributed by atoms with Gasteiger partial charge in [0.25, 0.3) is 0 Å². The van der Waals surface area contributed by atoms with Crippen LogP contribution in [0.25, 0.3) is 0 Å². The topological polar surface area (TPSA) is 75.7 Å². The highest BCUT2D eigenvalue weighted by Gasteiger charge is 2.18. The minimum Gasteiger partial charge on any atom is -0.462 e. The molecule has 1 aliphatic rings. The van der Waals surface area contributed by atoms with Gasteiger partial charge in [-0.05, 0) is 63.4 Å². The molecule has 2 rings (SSSR count). The van der Waals surface area contributed by atoms with Crippen molar-refractivity contribution >= 4 is 16.0 Å². The molecular formula is C18H28N2O4S. The van der Waals surface area contributed by atoms with Crippen molar-refractivity contribution in [3.8, 4) is 0 Å². The van der Waals surface area contributed by atoms with Crippen molar-refractivity contribution in [3.05, 3.63) is 29.8 Å². The van der Waals surface area contributed by atoms with Gasteiger partial charge in [0.05, 0.1) is 17.1 Å². The van der Waals surface area contributed by atoms with Gasteiger partial charge in [-0.3, -0.25) is 0 Å². The molecule has 0 amide bonds. The Hall–Kier alpha value is -1.44. The second-order valence-electron chi connectivity index (χ2n) is 6.55. The van der Waals surface area contributed by atoms with E-state index in [1.807, 2.05) is 0 Å². The van der Waals surface area contributed by atoms with Crippen LogP contribution < -0.4 is 4.72 Å². The highest BCUT2D eigenvalue weighted by Crippen LogP contribution is 2.16. The van der Waals surface area contributed by atoms with Crippen LogP contribution in [0.15, 0.2) is 29.2 Å². The van der Waals surface area contributed by atoms with Gasteiger partial charge >= 0.3 is 5.97 Å². The summed E-state index contributed by atoms with van der Waals surface area (Å²) in [7, 11) is -3.62. The third-order valence-electron chi connectivity index (χ3n) is 4.34. The van der Waals surface area contributed by atoms with Crippen molar-refractivity contribution in [1.29, 1.82) is 0 Å². The van der Waals surface area contributed by atoms with Gasteiger partial charge in [-0.25, -0.2) is 17.9 Å². The highest BCUT2D eigenvalue weighted by atomic mass is 32.2. The number of ether oxygens (including phenoxy) is 1. The molecule has 140 valence electrons. The lowest BCUT2D eigenvalue weighted by molar-refractivity contribution is 0.0526. The van der Waals surface area contributed by atoms with Crippen LogP contribution in [0.5, 0.6) is 0 Å². The third kappa shape index (κ3) is 6.09. The average molecular weight is 368 g/mol. The lowest BCUT2D eigenvalue weighted by Gasteiger charge is -2.30. The molecule has 0 saturated carbocycles. The van der Waals surface area contributed by atoms with Crippen molar-refractivity contribution in [2.45, 2.75) is 38.0 Å². The summed E-state index contributed by atoms with van der Waals surface area (Å²) in [5, 5.41) is 0. The van der Waals surface area contributed by atoms with Crippen LogP contribution in [-0.4, -0.2) is 52.1 Å². The summed E-state index contributed by atoms with van der Waals surface area (Å²) in [6.45, 7) is 7.69. The molecule has 0 aliphatic carbocycles. The lowest BCUT2D eigenvalue weighted by Crippen LogP contribution is -2.36. The van der Waals surface area contributed by atoms with E-state index in [9.17, 15) is 13.2 Å². The number of hydrogen-bond acceptors (Lipinski definition) is 5. The Balaban J connectivity index is 1.86. The monoisotopic (exact) mass is 368 g/mol. The van der Waals surface area contributed by atoms with Crippen LogP contribution in [0.2, 0.25) is 0 Å². The predicted molar refractivity (Wildman–Crippen MR) is 97.0 cm³/mol. The summed E-state index contributed by atoms with van der Waals surface area (Å²) in [4.78, 5) is 14.2. The molecule has 1 saturated heterocycles. The molecule has 1 heterocycles. The highest BCUT2D eigenvalue weighted by molar-refractivity contribution is 7.89. The van der Waals surface area contributed by atoms with Gasteiger partial charge in [-0.2, -0.15) is 0 Å². The molecule has 1 aromatic rings. The van der Waals surface area contributed by atoms with Crippen molar-refractivity contribution < 1.29 is 17.9 Å². The maximum atomic E-state index is 12.4. The standard InChI is InChI=1S/C18H28N2O4S/c1-3-24-18(21)16-8-4-9-17(13-16)25(22,23)19-10-6-12-20-11-5-7-15(2)14-20/h4,8-9,13,15,19H,3,5-7,10-12,14H2,1-2H3. The maximum Gasteiger partial charge on any atom is 0.338 e. The average Bonchev–Trinajstić information content (AvgIpc) is 2.59. The number of carbonyl (C=O) groups excluding carboxylic acids is 1. The first-order chi connectivity index (χ1) is 11.9. The number of benzene rings is 1. The Labute approximate surface area is 150 Å². The second-order valence-corrected chi connectivity index (χ2v) is 8.31. The molecule has 1 atom stereocenters. The summed E-state index contributed by atoms with van der Waals surface area (Å²) in [6, 6.07) is 5.94. The largest absolute Gasteiger partial charge is 0.462 e. The molecule has 0 radical (unpaired) electrons. The van der Waals surface area contributed by atoms with E-state index in [2.05, 4.69) is 16.5 Å². The SMILES string of the molecule is CCOC(=O)c1cccc(S(=O)(=O)NCCCN2CCCC(C)C2)c1. The fourth-order valence-corrected chi connectivity index (χ4v) is 4.21. The zero-order chi connectivity index (χ0) is 18.3. The van der Waals surface area contributed by atoms with E-state index in [0.29, 0.717) is 6.54 Å². The molecule has 0 spiro atoms. The van der Waals surface area contributed by atoms with E-state index in [-0.39, 0.29) is 17.1 Å². The summed E-state index contributed by atoms with van der Waals surface area (Å²) < 4.78 is 32.3. The zero-order valence-corrected chi connectivity index (χ0v) is 15.8. The van der Waals surface area contributed by atoms with E-state index >= 15 is 0 Å². The summed E-state index contributed by atoms with van der Waals surface area (Å²) in [6.07, 6.45) is 3.26. The van der Waals surface area contributed by atoms with E-state index < -0.39 is 16.0 Å². The van der Waals surface area contributed by atoms with Crippen molar-refractivity contribution in [2.24, 2.45) is 5.92 Å². The molecule has 1 aliphatic heterocycles. The second kappa shape index (κ2) is 9.31. The lowest BCUT2D eigenvalue weighted by atomic mass is 10.0. The molecule has 0 aromatic heterocycles. The van der Waals surface area contributed by atoms with E-state index in [4.69, 9.17) is 4.74 Å². The number of carbonyl (C=O) groups is 1. The van der Waals surface area contributed by atoms with Gasteiger partial charge in [0, 0.05) is 13.1 Å². The van der Waals surface area contributed by atoms with E-state index in [1.165, 1.54) is 25.0 Å². The van der Waals surface area contributed by atoms with Gasteiger partial charge in [0.1, 0.15) is 0 Å². The minimum atomic E-state index is -3.62. The summed E-state index contributed by atoms with van der Waals surface area (Å²) in [5.41, 5.74) is 0.243. The van der Waals surface area contributed by atoms with Crippen molar-refractivity contribution in [2.75, 3.05) is 32.8 Å². The fourth-order valence-electron chi connectivity index (χ4n) is 3.09. The van der Waals surface area contributed by atoms with Crippen LogP contribution in [0.1, 0.15) is 43.5 Å². The molecule has 1 fully saturated rings. The Morgan fingerprint density at radius 1 is 1.40 bits per heavy atom. The summed E-state index contributed by atoms with van der Waals surface area (Å²) >= 11 is 0. The van der Waals surface area contributed by atoms with E-state index in [0.717, 1.165) is 32.0 Å². The van der Waals surface area contributed by atoms with Crippen molar-refractivity contribution in [1.82, 2.24) is 9.62 Å². The van der Waals surface area contributed by atoms with Crippen LogP contribution in [0, 0.1) is 5.92 Å². The zero-order valence-electron chi connectivity index (χ0n) is 15.0. The van der Waals surface area contributed by atoms with Crippen LogP contribution in [0.4, 0.5) is 0 Å². The molecule has 1 aromatic carbocycles. The molecule has 0 bridgehead atoms. The number of esters is 1. The molecule has 25 heavy (non-hydrogen) atoms. The Bertz CT molecular complexity index is 675. The van der Waals surface area contributed by atoms with Crippen LogP contribution >= 0.6 is 0 Å². The predicted octanol–water partition coefficient (Wildman–Crippen LogP) is 2.26. The van der Waals surface area contributed by atoms with Crippen LogP contribution in [0.3, 0.4) is 0 Å². The minimum absolute atomic E-state index is 0.0876. The number of sulfonamides is 1. The molecule has 1 N–H and O–H groups in total. The van der Waals surface area contributed by atoms with Crippen molar-refractivity contribution in [3.63, 3.8) is 0 Å². The van der Waals surface area contributed by atoms with Gasteiger partial charge in [0.2, 0.25) is 10.0 Å². The van der Waals surface area contributed by atoms with Crippen LogP contribution in [-0.2, 0) is 14.8 Å². The number of nitrogens with zero attached hydrogens (tertiary/aromatic N) is 1.